The van der Waals surface area contributed by atoms with E-state index in [0.29, 0.717) is 17.6 Å². The number of fused-ring (bicyclic) bond motifs is 1. The Balaban J connectivity index is 1.65. The molecule has 4 aromatic rings. The summed E-state index contributed by atoms with van der Waals surface area (Å²) in [7, 11) is 0. The maximum absolute atomic E-state index is 11.8. The summed E-state index contributed by atoms with van der Waals surface area (Å²) in [5.74, 6) is 4.59. The van der Waals surface area contributed by atoms with Gasteiger partial charge in [-0.05, 0) is 17.2 Å². The number of hydrogen-bond donors (Lipinski definition) is 1. The van der Waals surface area contributed by atoms with Crippen LogP contribution < -0.4 is 4.74 Å². The fraction of sp³-hybridized carbons (Fsp3) is 0.111. The molecule has 0 saturated carbocycles. The lowest BCUT2D eigenvalue weighted by Crippen LogP contribution is -2.05. The molecule has 0 spiro atoms. The van der Waals surface area contributed by atoms with Crippen LogP contribution in [-0.2, 0) is 18.0 Å². The molecular formula is C27H20N2O6. The first-order chi connectivity index (χ1) is 17.0. The van der Waals surface area contributed by atoms with Crippen molar-refractivity contribution in [1.29, 1.82) is 0 Å². The predicted molar refractivity (Wildman–Crippen MR) is 129 cm³/mol. The average molecular weight is 468 g/mol. The largest absolute Gasteiger partial charge is 0.488 e. The van der Waals surface area contributed by atoms with Gasteiger partial charge in [-0.3, -0.25) is 10.1 Å². The molecular weight excluding hydrogens is 448 g/mol. The number of hydrogen-bond acceptors (Lipinski definition) is 6. The molecule has 0 atom stereocenters. The molecule has 0 aliphatic carbocycles. The summed E-state index contributed by atoms with van der Waals surface area (Å²) >= 11 is 0. The van der Waals surface area contributed by atoms with Crippen molar-refractivity contribution in [2.45, 2.75) is 13.2 Å². The number of rotatable bonds is 8. The van der Waals surface area contributed by atoms with Crippen molar-refractivity contribution in [1.82, 2.24) is 4.98 Å². The van der Waals surface area contributed by atoms with E-state index in [0.717, 1.165) is 11.1 Å². The Labute approximate surface area is 200 Å². The number of aromatic carboxylic acids is 1. The number of carbonyl (C=O) groups is 1. The van der Waals surface area contributed by atoms with Gasteiger partial charge in [0.05, 0.1) is 16.9 Å². The predicted octanol–water partition coefficient (Wildman–Crippen LogP) is 4.99. The second-order valence-corrected chi connectivity index (χ2v) is 7.51. The summed E-state index contributed by atoms with van der Waals surface area (Å²) in [6.45, 7) is 0.678. The van der Waals surface area contributed by atoms with Crippen molar-refractivity contribution in [2.75, 3.05) is 6.61 Å². The molecule has 8 heteroatoms. The minimum absolute atomic E-state index is 0.0798. The molecule has 4 rings (SSSR count). The van der Waals surface area contributed by atoms with Crippen molar-refractivity contribution < 1.29 is 24.3 Å². The molecule has 3 aromatic carbocycles. The summed E-state index contributed by atoms with van der Waals surface area (Å²) in [6.07, 6.45) is 0. The number of benzene rings is 3. The Bertz CT molecular complexity index is 1430. The molecule has 174 valence electrons. The van der Waals surface area contributed by atoms with E-state index in [1.807, 2.05) is 60.7 Å². The van der Waals surface area contributed by atoms with Crippen LogP contribution in [0.15, 0.2) is 78.9 Å². The van der Waals surface area contributed by atoms with Gasteiger partial charge in [-0.25, -0.2) is 9.78 Å². The SMILES string of the molecule is O=C(O)c1cc(OCc2ccccc2)c2cc(C#CCOCc3ccccc3)cc([N+](=O)[O-])c2n1. The quantitative estimate of drug-likeness (QED) is 0.168. The van der Waals surface area contributed by atoms with Gasteiger partial charge >= 0.3 is 5.97 Å². The van der Waals surface area contributed by atoms with E-state index in [-0.39, 0.29) is 35.9 Å². The fourth-order valence-electron chi connectivity index (χ4n) is 3.39. The van der Waals surface area contributed by atoms with Crippen LogP contribution in [0.25, 0.3) is 10.9 Å². The summed E-state index contributed by atoms with van der Waals surface area (Å²) in [4.78, 5) is 26.8. The summed E-state index contributed by atoms with van der Waals surface area (Å²) in [5, 5.41) is 21.5. The van der Waals surface area contributed by atoms with Crippen molar-refractivity contribution in [3.05, 3.63) is 111 Å². The topological polar surface area (TPSA) is 112 Å². The van der Waals surface area contributed by atoms with Crippen LogP contribution in [-0.4, -0.2) is 27.6 Å². The van der Waals surface area contributed by atoms with E-state index in [2.05, 4.69) is 16.8 Å². The summed E-state index contributed by atoms with van der Waals surface area (Å²) in [6, 6.07) is 23.1. The van der Waals surface area contributed by atoms with Gasteiger partial charge in [0.25, 0.3) is 5.69 Å². The zero-order valence-electron chi connectivity index (χ0n) is 18.5. The van der Waals surface area contributed by atoms with E-state index < -0.39 is 10.9 Å². The number of carboxylic acid groups (broad SMARTS) is 1. The standard InChI is InChI=1S/C27H20N2O6/c30-27(31)23-16-25(35-18-20-10-5-2-6-11-20)22-14-21(15-24(29(32)33)26(22)28-23)12-7-13-34-17-19-8-3-1-4-9-19/h1-6,8-11,14-16H,13,17-18H2,(H,30,31). The van der Waals surface area contributed by atoms with Gasteiger partial charge in [-0.15, -0.1) is 0 Å². The normalized spacial score (nSPS) is 10.4. The molecule has 0 fully saturated rings. The number of pyridine rings is 1. The van der Waals surface area contributed by atoms with Gasteiger partial charge in [0.15, 0.2) is 11.2 Å². The maximum Gasteiger partial charge on any atom is 0.354 e. The van der Waals surface area contributed by atoms with Gasteiger partial charge in [0.2, 0.25) is 0 Å². The molecule has 1 N–H and O–H groups in total. The highest BCUT2D eigenvalue weighted by Crippen LogP contribution is 2.33. The number of nitro benzene ring substituents is 1. The van der Waals surface area contributed by atoms with E-state index in [4.69, 9.17) is 9.47 Å². The molecule has 0 aliphatic heterocycles. The van der Waals surface area contributed by atoms with Crippen LogP contribution in [0.3, 0.4) is 0 Å². The Morgan fingerprint density at radius 1 is 0.971 bits per heavy atom. The fourth-order valence-corrected chi connectivity index (χ4v) is 3.39. The van der Waals surface area contributed by atoms with Crippen LogP contribution in [0.4, 0.5) is 5.69 Å². The second-order valence-electron chi connectivity index (χ2n) is 7.51. The highest BCUT2D eigenvalue weighted by Gasteiger charge is 2.21. The Morgan fingerprint density at radius 3 is 2.26 bits per heavy atom. The Morgan fingerprint density at radius 2 is 1.63 bits per heavy atom. The van der Waals surface area contributed by atoms with Crippen LogP contribution in [0.2, 0.25) is 0 Å². The van der Waals surface area contributed by atoms with Crippen molar-refractivity contribution in [3.8, 4) is 17.6 Å². The third kappa shape index (κ3) is 5.99. The smallest absolute Gasteiger partial charge is 0.354 e. The average Bonchev–Trinajstić information content (AvgIpc) is 2.87. The lowest BCUT2D eigenvalue weighted by Gasteiger charge is -2.11. The van der Waals surface area contributed by atoms with Crippen molar-refractivity contribution >= 4 is 22.6 Å². The summed E-state index contributed by atoms with van der Waals surface area (Å²) < 4.78 is 11.4. The van der Waals surface area contributed by atoms with Crippen molar-refractivity contribution in [2.24, 2.45) is 0 Å². The number of nitro groups is 1. The lowest BCUT2D eigenvalue weighted by atomic mass is 10.1. The Kier molecular flexibility index (Phi) is 7.31. The molecule has 8 nitrogen and oxygen atoms in total. The van der Waals surface area contributed by atoms with E-state index in [1.165, 1.54) is 12.1 Å². The minimum Gasteiger partial charge on any atom is -0.488 e. The van der Waals surface area contributed by atoms with Crippen molar-refractivity contribution in [3.63, 3.8) is 0 Å². The highest BCUT2D eigenvalue weighted by atomic mass is 16.6. The number of aromatic nitrogens is 1. The monoisotopic (exact) mass is 468 g/mol. The van der Waals surface area contributed by atoms with E-state index in [1.54, 1.807) is 6.07 Å². The highest BCUT2D eigenvalue weighted by molar-refractivity contribution is 5.97. The van der Waals surface area contributed by atoms with Gasteiger partial charge in [-0.2, -0.15) is 0 Å². The van der Waals surface area contributed by atoms with Gasteiger partial charge in [0.1, 0.15) is 19.0 Å². The van der Waals surface area contributed by atoms with E-state index >= 15 is 0 Å². The molecule has 0 unspecified atom stereocenters. The van der Waals surface area contributed by atoms with Gasteiger partial charge in [0, 0.05) is 17.7 Å². The van der Waals surface area contributed by atoms with Gasteiger partial charge < -0.3 is 14.6 Å². The first kappa shape index (κ1) is 23.4. The zero-order valence-corrected chi connectivity index (χ0v) is 18.5. The van der Waals surface area contributed by atoms with Crippen LogP contribution in [0.5, 0.6) is 5.75 Å². The summed E-state index contributed by atoms with van der Waals surface area (Å²) in [5.41, 5.74) is 1.44. The molecule has 0 saturated heterocycles. The number of carboxylic acids is 1. The third-order valence-corrected chi connectivity index (χ3v) is 5.03. The molecule has 35 heavy (non-hydrogen) atoms. The second kappa shape index (κ2) is 10.9. The van der Waals surface area contributed by atoms with Crippen LogP contribution >= 0.6 is 0 Å². The zero-order chi connectivity index (χ0) is 24.6. The van der Waals surface area contributed by atoms with Gasteiger partial charge in [-0.1, -0.05) is 72.5 Å². The number of nitrogens with zero attached hydrogens (tertiary/aromatic N) is 2. The molecule has 0 bridgehead atoms. The molecule has 0 aliphatic rings. The first-order valence-corrected chi connectivity index (χ1v) is 10.6. The number of ether oxygens (including phenoxy) is 2. The maximum atomic E-state index is 11.8. The lowest BCUT2D eigenvalue weighted by molar-refractivity contribution is -0.383. The number of non-ortho nitro benzene ring substituents is 1. The first-order valence-electron chi connectivity index (χ1n) is 10.6. The molecule has 0 amide bonds. The van der Waals surface area contributed by atoms with E-state index in [9.17, 15) is 20.0 Å². The molecule has 0 radical (unpaired) electrons. The molecule has 1 heterocycles. The van der Waals surface area contributed by atoms with Crippen LogP contribution in [0.1, 0.15) is 27.2 Å². The minimum atomic E-state index is -1.31. The Hall–Kier alpha value is -4.74. The molecule has 1 aromatic heterocycles. The third-order valence-electron chi connectivity index (χ3n) is 5.03. The van der Waals surface area contributed by atoms with Crippen LogP contribution in [0, 0.1) is 22.0 Å².